The summed E-state index contributed by atoms with van der Waals surface area (Å²) in [6.45, 7) is 0.930. The molecule has 0 aliphatic carbocycles. The highest BCUT2D eigenvalue weighted by atomic mass is 19.4. The highest BCUT2D eigenvalue weighted by Gasteiger charge is 2.30. The average molecular weight is 254 g/mol. The third-order valence-electron chi connectivity index (χ3n) is 2.48. The maximum Gasteiger partial charge on any atom is 0.401 e. The molecule has 0 atom stereocenters. The van der Waals surface area contributed by atoms with Gasteiger partial charge in [0.2, 0.25) is 0 Å². The SMILES string of the molecule is NCCN(CCN1CCNC1=O)CC(F)(F)F. The number of hydrogen-bond acceptors (Lipinski definition) is 3. The fourth-order valence-corrected chi connectivity index (χ4v) is 1.69. The molecule has 5 nitrogen and oxygen atoms in total. The van der Waals surface area contributed by atoms with Crippen LogP contribution in [0.2, 0.25) is 0 Å². The van der Waals surface area contributed by atoms with E-state index in [2.05, 4.69) is 5.32 Å². The minimum absolute atomic E-state index is 0.169. The van der Waals surface area contributed by atoms with Crippen molar-refractivity contribution in [2.45, 2.75) is 6.18 Å². The Balaban J connectivity index is 2.35. The fourth-order valence-electron chi connectivity index (χ4n) is 1.69. The van der Waals surface area contributed by atoms with Gasteiger partial charge >= 0.3 is 12.2 Å². The van der Waals surface area contributed by atoms with Crippen molar-refractivity contribution >= 4 is 6.03 Å². The van der Waals surface area contributed by atoms with Crippen molar-refractivity contribution in [3.63, 3.8) is 0 Å². The summed E-state index contributed by atoms with van der Waals surface area (Å²) in [5.41, 5.74) is 5.26. The van der Waals surface area contributed by atoms with Crippen LogP contribution in [0.1, 0.15) is 0 Å². The molecule has 3 N–H and O–H groups in total. The summed E-state index contributed by atoms with van der Waals surface area (Å²) in [5, 5.41) is 2.60. The minimum atomic E-state index is -4.23. The molecule has 100 valence electrons. The van der Waals surface area contributed by atoms with Crippen molar-refractivity contribution in [1.29, 1.82) is 0 Å². The van der Waals surface area contributed by atoms with E-state index in [1.807, 2.05) is 0 Å². The molecular weight excluding hydrogens is 237 g/mol. The number of hydrogen-bond donors (Lipinski definition) is 2. The summed E-state index contributed by atoms with van der Waals surface area (Å²) in [4.78, 5) is 13.9. The van der Waals surface area contributed by atoms with Crippen molar-refractivity contribution < 1.29 is 18.0 Å². The van der Waals surface area contributed by atoms with Gasteiger partial charge in [0, 0.05) is 39.3 Å². The van der Waals surface area contributed by atoms with Gasteiger partial charge in [0.15, 0.2) is 0 Å². The first-order valence-corrected chi connectivity index (χ1v) is 5.44. The van der Waals surface area contributed by atoms with Crippen molar-refractivity contribution in [2.24, 2.45) is 5.73 Å². The Bertz CT molecular complexity index is 259. The molecular formula is C9H17F3N4O. The van der Waals surface area contributed by atoms with Gasteiger partial charge in [0.25, 0.3) is 0 Å². The van der Waals surface area contributed by atoms with Gasteiger partial charge in [-0.05, 0) is 0 Å². The third kappa shape index (κ3) is 5.22. The Morgan fingerprint density at radius 2 is 2.12 bits per heavy atom. The summed E-state index contributed by atoms with van der Waals surface area (Å²) < 4.78 is 36.7. The molecule has 8 heteroatoms. The predicted molar refractivity (Wildman–Crippen MR) is 56.5 cm³/mol. The molecule has 0 aromatic rings. The fraction of sp³-hybridized carbons (Fsp3) is 0.889. The molecule has 1 aliphatic rings. The van der Waals surface area contributed by atoms with Crippen LogP contribution in [0.15, 0.2) is 0 Å². The quantitative estimate of drug-likeness (QED) is 0.692. The summed E-state index contributed by atoms with van der Waals surface area (Å²) in [7, 11) is 0. The van der Waals surface area contributed by atoms with Gasteiger partial charge in [-0.2, -0.15) is 13.2 Å². The number of urea groups is 1. The zero-order valence-corrected chi connectivity index (χ0v) is 9.46. The highest BCUT2D eigenvalue weighted by Crippen LogP contribution is 2.16. The largest absolute Gasteiger partial charge is 0.401 e. The number of nitrogens with two attached hydrogens (primary N) is 1. The van der Waals surface area contributed by atoms with Crippen LogP contribution in [0.25, 0.3) is 0 Å². The smallest absolute Gasteiger partial charge is 0.336 e. The third-order valence-corrected chi connectivity index (χ3v) is 2.48. The van der Waals surface area contributed by atoms with Crippen LogP contribution in [0.5, 0.6) is 0 Å². The molecule has 0 saturated carbocycles. The van der Waals surface area contributed by atoms with E-state index in [9.17, 15) is 18.0 Å². The van der Waals surface area contributed by atoms with Crippen molar-refractivity contribution in [2.75, 3.05) is 45.8 Å². The van der Waals surface area contributed by atoms with Crippen molar-refractivity contribution in [3.05, 3.63) is 0 Å². The van der Waals surface area contributed by atoms with Gasteiger partial charge in [0.1, 0.15) is 0 Å². The van der Waals surface area contributed by atoms with E-state index in [4.69, 9.17) is 5.73 Å². The maximum atomic E-state index is 12.2. The topological polar surface area (TPSA) is 61.6 Å². The number of halogens is 3. The van der Waals surface area contributed by atoms with E-state index >= 15 is 0 Å². The Morgan fingerprint density at radius 3 is 2.59 bits per heavy atom. The summed E-state index contributed by atoms with van der Waals surface area (Å²) in [6, 6.07) is -0.218. The molecule has 0 unspecified atom stereocenters. The second-order valence-corrected chi connectivity index (χ2v) is 3.90. The first-order chi connectivity index (χ1) is 7.92. The molecule has 0 bridgehead atoms. The molecule has 1 aliphatic heterocycles. The zero-order valence-electron chi connectivity index (χ0n) is 9.46. The lowest BCUT2D eigenvalue weighted by Gasteiger charge is -2.25. The monoisotopic (exact) mass is 254 g/mol. The Labute approximate surface area is 97.7 Å². The molecule has 2 amide bonds. The lowest BCUT2D eigenvalue weighted by Crippen LogP contribution is -2.43. The standard InChI is InChI=1S/C9H17F3N4O/c10-9(11,12)7-15(3-1-13)5-6-16-4-2-14-8(16)17/h1-7,13H2,(H,14,17). The average Bonchev–Trinajstić information content (AvgIpc) is 2.59. The number of amides is 2. The number of rotatable bonds is 6. The van der Waals surface area contributed by atoms with Crippen LogP contribution >= 0.6 is 0 Å². The Kier molecular flexibility index (Phi) is 5.01. The van der Waals surface area contributed by atoms with Gasteiger partial charge in [-0.1, -0.05) is 0 Å². The van der Waals surface area contributed by atoms with Gasteiger partial charge in [-0.25, -0.2) is 4.79 Å². The molecule has 0 radical (unpaired) electrons. The molecule has 17 heavy (non-hydrogen) atoms. The maximum absolute atomic E-state index is 12.2. The molecule has 1 heterocycles. The summed E-state index contributed by atoms with van der Waals surface area (Å²) in [6.07, 6.45) is -4.23. The minimum Gasteiger partial charge on any atom is -0.336 e. The van der Waals surface area contributed by atoms with Crippen LogP contribution in [0, 0.1) is 0 Å². The molecule has 0 aromatic carbocycles. The number of alkyl halides is 3. The Hall–Kier alpha value is -1.02. The van der Waals surface area contributed by atoms with Crippen LogP contribution in [-0.4, -0.2) is 67.8 Å². The normalized spacial score (nSPS) is 16.8. The second-order valence-electron chi connectivity index (χ2n) is 3.90. The van der Waals surface area contributed by atoms with E-state index in [0.29, 0.717) is 19.6 Å². The van der Waals surface area contributed by atoms with Gasteiger partial charge in [-0.3, -0.25) is 4.90 Å². The predicted octanol–water partition coefficient (Wildman–Crippen LogP) is -0.165. The van der Waals surface area contributed by atoms with Gasteiger partial charge in [0.05, 0.1) is 6.54 Å². The van der Waals surface area contributed by atoms with Crippen LogP contribution in [0.4, 0.5) is 18.0 Å². The van der Waals surface area contributed by atoms with E-state index < -0.39 is 12.7 Å². The molecule has 1 fully saturated rings. The highest BCUT2D eigenvalue weighted by molar-refractivity contribution is 5.76. The first kappa shape index (κ1) is 14.0. The Morgan fingerprint density at radius 1 is 1.41 bits per heavy atom. The van der Waals surface area contributed by atoms with E-state index in [1.165, 1.54) is 9.80 Å². The zero-order chi connectivity index (χ0) is 12.9. The van der Waals surface area contributed by atoms with Gasteiger partial charge < -0.3 is 16.0 Å². The second kappa shape index (κ2) is 6.06. The number of carbonyl (C=O) groups excluding carboxylic acids is 1. The molecule has 0 aromatic heterocycles. The van der Waals surface area contributed by atoms with Gasteiger partial charge in [-0.15, -0.1) is 0 Å². The lowest BCUT2D eigenvalue weighted by atomic mass is 10.4. The van der Waals surface area contributed by atoms with Crippen LogP contribution in [0.3, 0.4) is 0 Å². The molecule has 1 saturated heterocycles. The lowest BCUT2D eigenvalue weighted by molar-refractivity contribution is -0.145. The van der Waals surface area contributed by atoms with Crippen LogP contribution in [-0.2, 0) is 0 Å². The van der Waals surface area contributed by atoms with Crippen molar-refractivity contribution in [3.8, 4) is 0 Å². The van der Waals surface area contributed by atoms with E-state index in [-0.39, 0.29) is 25.7 Å². The number of nitrogens with one attached hydrogen (secondary N) is 1. The molecule has 0 spiro atoms. The van der Waals surface area contributed by atoms with E-state index in [1.54, 1.807) is 0 Å². The van der Waals surface area contributed by atoms with Crippen LogP contribution < -0.4 is 11.1 Å². The molecule has 1 rings (SSSR count). The number of carbonyl (C=O) groups is 1. The summed E-state index contributed by atoms with van der Waals surface area (Å²) in [5.74, 6) is 0. The number of nitrogens with zero attached hydrogens (tertiary/aromatic N) is 2. The first-order valence-electron chi connectivity index (χ1n) is 5.44. The summed E-state index contributed by atoms with van der Waals surface area (Å²) >= 11 is 0. The van der Waals surface area contributed by atoms with Crippen molar-refractivity contribution in [1.82, 2.24) is 15.1 Å². The van der Waals surface area contributed by atoms with E-state index in [0.717, 1.165) is 0 Å².